The first-order valence-corrected chi connectivity index (χ1v) is 12.0. The van der Waals surface area contributed by atoms with Gasteiger partial charge >= 0.3 is 10.1 Å². The lowest BCUT2D eigenvalue weighted by atomic mass is 9.85. The van der Waals surface area contributed by atoms with Crippen LogP contribution in [0.5, 0.6) is 5.75 Å². The van der Waals surface area contributed by atoms with E-state index in [1.54, 1.807) is 19.1 Å². The molecule has 1 aliphatic heterocycles. The van der Waals surface area contributed by atoms with E-state index in [1.165, 1.54) is 0 Å². The Hall–Kier alpha value is -2.54. The Kier molecular flexibility index (Phi) is 6.37. The van der Waals surface area contributed by atoms with E-state index >= 15 is 0 Å². The van der Waals surface area contributed by atoms with Gasteiger partial charge in [0.25, 0.3) is 0 Å². The monoisotopic (exact) mass is 444 g/mol. The van der Waals surface area contributed by atoms with E-state index < -0.39 is 10.1 Å². The van der Waals surface area contributed by atoms with Crippen LogP contribution >= 0.6 is 0 Å². The lowest BCUT2D eigenvalue weighted by molar-refractivity contribution is -0.129. The van der Waals surface area contributed by atoms with Gasteiger partial charge in [0, 0.05) is 38.8 Å². The Bertz CT molecular complexity index is 1040. The Morgan fingerprint density at radius 1 is 0.935 bits per heavy atom. The Balaban J connectivity index is 1.76. The molecular weight excluding hydrogens is 412 g/mol. The fourth-order valence-corrected chi connectivity index (χ4v) is 5.29. The van der Waals surface area contributed by atoms with Gasteiger partial charge in [-0.2, -0.15) is 8.42 Å². The quantitative estimate of drug-likeness (QED) is 0.666. The highest BCUT2D eigenvalue weighted by Crippen LogP contribution is 2.31. The number of piperazine rings is 1. The van der Waals surface area contributed by atoms with E-state index in [0.29, 0.717) is 24.2 Å². The highest BCUT2D eigenvalue weighted by Gasteiger charge is 2.25. The normalized spacial score (nSPS) is 15.2. The zero-order valence-corrected chi connectivity index (χ0v) is 20.0. The fourth-order valence-electron chi connectivity index (χ4n) is 3.94. The number of hydrogen-bond acceptors (Lipinski definition) is 5. The van der Waals surface area contributed by atoms with Crippen molar-refractivity contribution in [3.8, 4) is 5.75 Å². The lowest BCUT2D eigenvalue weighted by Crippen LogP contribution is -2.48. The van der Waals surface area contributed by atoms with Crippen LogP contribution in [0.25, 0.3) is 0 Å². The van der Waals surface area contributed by atoms with Gasteiger partial charge in [-0.1, -0.05) is 32.9 Å². The number of benzene rings is 2. The van der Waals surface area contributed by atoms with Crippen LogP contribution in [0.15, 0.2) is 41.3 Å². The van der Waals surface area contributed by atoms with Crippen molar-refractivity contribution in [2.24, 2.45) is 0 Å². The molecule has 1 fully saturated rings. The molecule has 1 heterocycles. The summed E-state index contributed by atoms with van der Waals surface area (Å²) in [6.45, 7) is 14.4. The van der Waals surface area contributed by atoms with Crippen LogP contribution in [0.4, 0.5) is 5.69 Å². The van der Waals surface area contributed by atoms with Crippen LogP contribution in [0.3, 0.4) is 0 Å². The van der Waals surface area contributed by atoms with Gasteiger partial charge in [0.1, 0.15) is 10.6 Å². The maximum atomic E-state index is 13.0. The smallest absolute Gasteiger partial charge is 0.339 e. The molecule has 6 nitrogen and oxygen atoms in total. The summed E-state index contributed by atoms with van der Waals surface area (Å²) in [5, 5.41) is 0. The molecule has 7 heteroatoms. The molecule has 0 saturated carbocycles. The molecular formula is C24H32N2O4S. The SMILES string of the molecule is CC(=O)N1CCN(c2ccc(OS(=O)(=O)c3c(C)cc(C(C)(C)C)cc3C)cc2)CC1. The van der Waals surface area contributed by atoms with E-state index in [1.807, 2.05) is 43.0 Å². The predicted octanol–water partition coefficient (Wildman–Crippen LogP) is 4.04. The van der Waals surface area contributed by atoms with E-state index in [2.05, 4.69) is 25.7 Å². The first kappa shape index (κ1) is 23.1. The molecule has 3 rings (SSSR count). The second kappa shape index (κ2) is 8.54. The van der Waals surface area contributed by atoms with Crippen LogP contribution in [0, 0.1) is 13.8 Å². The summed E-state index contributed by atoms with van der Waals surface area (Å²) >= 11 is 0. The zero-order valence-electron chi connectivity index (χ0n) is 19.2. The summed E-state index contributed by atoms with van der Waals surface area (Å²) in [5.74, 6) is 0.375. The van der Waals surface area contributed by atoms with Crippen LogP contribution < -0.4 is 9.08 Å². The van der Waals surface area contributed by atoms with E-state index in [4.69, 9.17) is 4.18 Å². The second-order valence-corrected chi connectivity index (χ2v) is 10.7. The van der Waals surface area contributed by atoms with Crippen LogP contribution in [0.1, 0.15) is 44.4 Å². The largest absolute Gasteiger partial charge is 0.379 e. The lowest BCUT2D eigenvalue weighted by Gasteiger charge is -2.35. The molecule has 0 radical (unpaired) electrons. The van der Waals surface area contributed by atoms with Gasteiger partial charge in [0.2, 0.25) is 5.91 Å². The highest BCUT2D eigenvalue weighted by atomic mass is 32.2. The molecule has 1 amide bonds. The molecule has 31 heavy (non-hydrogen) atoms. The maximum absolute atomic E-state index is 13.0. The molecule has 0 aromatic heterocycles. The summed E-state index contributed by atoms with van der Waals surface area (Å²) in [6.07, 6.45) is 0. The summed E-state index contributed by atoms with van der Waals surface area (Å²) in [5.41, 5.74) is 3.38. The van der Waals surface area contributed by atoms with Gasteiger partial charge in [-0.3, -0.25) is 4.79 Å². The third kappa shape index (κ3) is 5.21. The Morgan fingerprint density at radius 2 is 1.45 bits per heavy atom. The first-order chi connectivity index (χ1) is 14.4. The van der Waals surface area contributed by atoms with Gasteiger partial charge in [-0.25, -0.2) is 0 Å². The summed E-state index contributed by atoms with van der Waals surface area (Å²) in [4.78, 5) is 15.7. The molecule has 0 atom stereocenters. The average Bonchev–Trinajstić information content (AvgIpc) is 2.67. The first-order valence-electron chi connectivity index (χ1n) is 10.6. The molecule has 0 bridgehead atoms. The number of amides is 1. The van der Waals surface area contributed by atoms with Gasteiger partial charge in [0.15, 0.2) is 0 Å². The van der Waals surface area contributed by atoms with Gasteiger partial charge in [-0.05, 0) is 60.2 Å². The van der Waals surface area contributed by atoms with Gasteiger partial charge < -0.3 is 14.0 Å². The molecule has 1 saturated heterocycles. The van der Waals surface area contributed by atoms with Gasteiger partial charge in [-0.15, -0.1) is 0 Å². The number of hydrogen-bond donors (Lipinski definition) is 0. The number of rotatable bonds is 4. The fraction of sp³-hybridized carbons (Fsp3) is 0.458. The molecule has 2 aromatic rings. The molecule has 0 aliphatic carbocycles. The van der Waals surface area contributed by atoms with Crippen molar-refractivity contribution in [3.63, 3.8) is 0 Å². The third-order valence-corrected chi connectivity index (χ3v) is 7.26. The van der Waals surface area contributed by atoms with Crippen LogP contribution in [-0.2, 0) is 20.3 Å². The number of aryl methyl sites for hydroxylation is 2. The van der Waals surface area contributed by atoms with Crippen molar-refractivity contribution < 1.29 is 17.4 Å². The summed E-state index contributed by atoms with van der Waals surface area (Å²) in [7, 11) is -3.95. The second-order valence-electron chi connectivity index (χ2n) is 9.21. The average molecular weight is 445 g/mol. The minimum absolute atomic E-state index is 0.0651. The van der Waals surface area contributed by atoms with E-state index in [0.717, 1.165) is 24.3 Å². The number of carbonyl (C=O) groups excluding carboxylic acids is 1. The van der Waals surface area contributed by atoms with Crippen molar-refractivity contribution in [2.75, 3.05) is 31.1 Å². The van der Waals surface area contributed by atoms with Crippen molar-refractivity contribution in [1.82, 2.24) is 4.90 Å². The number of nitrogens with zero attached hydrogens (tertiary/aromatic N) is 2. The standard InChI is InChI=1S/C24H32N2O4S/c1-17-15-20(24(4,5)6)16-18(2)23(17)31(28,29)30-22-9-7-21(8-10-22)26-13-11-25(12-14-26)19(3)27/h7-10,15-16H,11-14H2,1-6H3. The number of carbonyl (C=O) groups is 1. The molecule has 0 unspecified atom stereocenters. The molecule has 2 aromatic carbocycles. The van der Waals surface area contributed by atoms with Gasteiger partial charge in [0.05, 0.1) is 0 Å². The van der Waals surface area contributed by atoms with E-state index in [-0.39, 0.29) is 22.0 Å². The van der Waals surface area contributed by atoms with E-state index in [9.17, 15) is 13.2 Å². The van der Waals surface area contributed by atoms with Crippen LogP contribution in [-0.4, -0.2) is 45.4 Å². The maximum Gasteiger partial charge on any atom is 0.339 e. The van der Waals surface area contributed by atoms with Crippen molar-refractivity contribution in [2.45, 2.75) is 51.9 Å². The molecule has 0 N–H and O–H groups in total. The molecule has 0 spiro atoms. The Morgan fingerprint density at radius 3 is 1.90 bits per heavy atom. The minimum atomic E-state index is -3.95. The molecule has 1 aliphatic rings. The summed E-state index contributed by atoms with van der Waals surface area (Å²) < 4.78 is 31.5. The minimum Gasteiger partial charge on any atom is -0.379 e. The number of anilines is 1. The predicted molar refractivity (Wildman–Crippen MR) is 123 cm³/mol. The van der Waals surface area contributed by atoms with Crippen molar-refractivity contribution >= 4 is 21.7 Å². The van der Waals surface area contributed by atoms with Crippen LogP contribution in [0.2, 0.25) is 0 Å². The topological polar surface area (TPSA) is 66.9 Å². The Labute approximate surface area is 185 Å². The third-order valence-electron chi connectivity index (χ3n) is 5.71. The van der Waals surface area contributed by atoms with Crippen molar-refractivity contribution in [1.29, 1.82) is 0 Å². The van der Waals surface area contributed by atoms with Crippen molar-refractivity contribution in [3.05, 3.63) is 53.1 Å². The molecule has 168 valence electrons. The highest BCUT2D eigenvalue weighted by molar-refractivity contribution is 7.87. The summed E-state index contributed by atoms with van der Waals surface area (Å²) in [6, 6.07) is 10.9. The zero-order chi connectivity index (χ0) is 23.0.